The second-order valence-corrected chi connectivity index (χ2v) is 23.8. The molecule has 466 valence electrons. The second-order valence-electron chi connectivity index (χ2n) is 23.8. The Morgan fingerprint density at radius 3 is 0.738 bits per heavy atom. The average molecular weight is 1120 g/mol. The van der Waals surface area contributed by atoms with E-state index < -0.39 is 6.10 Å². The summed E-state index contributed by atoms with van der Waals surface area (Å²) in [5.41, 5.74) is 0. The Hall–Kier alpha value is -2.89. The van der Waals surface area contributed by atoms with Crippen LogP contribution in [0.3, 0.4) is 0 Å². The molecule has 1 atom stereocenters. The molecule has 0 aromatic heterocycles. The standard InChI is InChI=1S/C74H134O6/c1-4-7-10-13-16-19-22-25-28-30-32-34-35-36-37-38-39-41-42-44-46-49-52-55-58-61-64-67-73(76)79-70-71(69-78-72(75)66-63-60-57-54-51-48-27-24-21-18-15-12-9-6-3)80-74(77)68-65-62-59-56-53-50-47-45-43-40-33-31-29-26-23-20-17-14-11-8-5-2/h15,18,23-24,26-27,31,33,43,45,71H,4-14,16-17,19-22,25,28-30,32,34-42,44,46-70H2,1-3H3/b18-15-,26-23-,27-24-,33-31-,45-43-. The van der Waals surface area contributed by atoms with E-state index in [0.717, 1.165) is 103 Å². The Balaban J connectivity index is 4.27. The molecule has 1 unspecified atom stereocenters. The largest absolute Gasteiger partial charge is 0.462 e. The summed E-state index contributed by atoms with van der Waals surface area (Å²) in [4.78, 5) is 38.4. The molecule has 0 saturated carbocycles. The minimum absolute atomic E-state index is 0.0810. The summed E-state index contributed by atoms with van der Waals surface area (Å²) in [7, 11) is 0. The van der Waals surface area contributed by atoms with Crippen LogP contribution in [0.4, 0.5) is 0 Å². The SMILES string of the molecule is CCCC/C=C\C/C=C\CCCCCCCC(=O)OCC(COC(=O)CCCCCCCCCCCCCCCCCCCCCCCCCCCCC)OC(=O)CCCCCCCC/C=C\C/C=C\C/C=C\CCCCCCC. The van der Waals surface area contributed by atoms with Crippen molar-refractivity contribution >= 4 is 17.9 Å². The molecule has 0 fully saturated rings. The highest BCUT2D eigenvalue weighted by atomic mass is 16.6. The van der Waals surface area contributed by atoms with Gasteiger partial charge in [0.05, 0.1) is 0 Å². The molecular formula is C74H134O6. The molecule has 6 heteroatoms. The fourth-order valence-corrected chi connectivity index (χ4v) is 10.4. The summed E-state index contributed by atoms with van der Waals surface area (Å²) in [6.07, 6.45) is 88.2. The van der Waals surface area contributed by atoms with Gasteiger partial charge in [-0.1, -0.05) is 332 Å². The second kappa shape index (κ2) is 68.6. The van der Waals surface area contributed by atoms with Crippen LogP contribution in [0.25, 0.3) is 0 Å². The van der Waals surface area contributed by atoms with Gasteiger partial charge in [0.2, 0.25) is 0 Å². The van der Waals surface area contributed by atoms with Crippen molar-refractivity contribution in [2.45, 2.75) is 380 Å². The topological polar surface area (TPSA) is 78.9 Å². The maximum atomic E-state index is 12.9. The lowest BCUT2D eigenvalue weighted by atomic mass is 10.0. The highest BCUT2D eigenvalue weighted by Gasteiger charge is 2.19. The van der Waals surface area contributed by atoms with Crippen molar-refractivity contribution in [3.63, 3.8) is 0 Å². The first-order valence-electron chi connectivity index (χ1n) is 35.3. The van der Waals surface area contributed by atoms with E-state index in [4.69, 9.17) is 14.2 Å². The van der Waals surface area contributed by atoms with E-state index in [9.17, 15) is 14.4 Å². The molecule has 0 aliphatic rings. The highest BCUT2D eigenvalue weighted by Crippen LogP contribution is 2.18. The van der Waals surface area contributed by atoms with Crippen LogP contribution in [0, 0.1) is 0 Å². The smallest absolute Gasteiger partial charge is 0.306 e. The third-order valence-electron chi connectivity index (χ3n) is 15.7. The Morgan fingerprint density at radius 1 is 0.250 bits per heavy atom. The van der Waals surface area contributed by atoms with Crippen molar-refractivity contribution in [3.8, 4) is 0 Å². The summed E-state index contributed by atoms with van der Waals surface area (Å²) in [5.74, 6) is -0.887. The zero-order valence-corrected chi connectivity index (χ0v) is 53.6. The van der Waals surface area contributed by atoms with Crippen molar-refractivity contribution < 1.29 is 28.6 Å². The van der Waals surface area contributed by atoms with Crippen LogP contribution < -0.4 is 0 Å². The number of carbonyl (C=O) groups excluding carboxylic acids is 3. The molecule has 0 rings (SSSR count). The molecule has 0 spiro atoms. The van der Waals surface area contributed by atoms with Crippen molar-refractivity contribution in [3.05, 3.63) is 60.8 Å². The normalized spacial score (nSPS) is 12.4. The first-order valence-corrected chi connectivity index (χ1v) is 35.3. The molecule has 6 nitrogen and oxygen atoms in total. The predicted octanol–water partition coefficient (Wildman–Crippen LogP) is 24.3. The molecule has 0 aliphatic carbocycles. The average Bonchev–Trinajstić information content (AvgIpc) is 3.46. The van der Waals surface area contributed by atoms with Gasteiger partial charge in [-0.15, -0.1) is 0 Å². The fraction of sp³-hybridized carbons (Fsp3) is 0.824. The Labute approximate surface area is 498 Å². The predicted molar refractivity (Wildman–Crippen MR) is 348 cm³/mol. The third-order valence-corrected chi connectivity index (χ3v) is 15.7. The van der Waals surface area contributed by atoms with Crippen molar-refractivity contribution in [1.82, 2.24) is 0 Å². The molecule has 0 heterocycles. The van der Waals surface area contributed by atoms with E-state index >= 15 is 0 Å². The maximum absolute atomic E-state index is 12.9. The summed E-state index contributed by atoms with van der Waals surface area (Å²) < 4.78 is 17.0. The van der Waals surface area contributed by atoms with Crippen LogP contribution >= 0.6 is 0 Å². The maximum Gasteiger partial charge on any atom is 0.306 e. The first-order chi connectivity index (χ1) is 39.5. The van der Waals surface area contributed by atoms with E-state index in [-0.39, 0.29) is 31.1 Å². The van der Waals surface area contributed by atoms with Crippen LogP contribution in [0.15, 0.2) is 60.8 Å². The van der Waals surface area contributed by atoms with Crippen LogP contribution in [-0.4, -0.2) is 37.2 Å². The number of hydrogen-bond acceptors (Lipinski definition) is 6. The minimum atomic E-state index is -0.788. The lowest BCUT2D eigenvalue weighted by Gasteiger charge is -2.18. The monoisotopic (exact) mass is 1120 g/mol. The van der Waals surface area contributed by atoms with Gasteiger partial charge in [0.25, 0.3) is 0 Å². The molecule has 0 bridgehead atoms. The van der Waals surface area contributed by atoms with Crippen molar-refractivity contribution in [2.24, 2.45) is 0 Å². The molecule has 80 heavy (non-hydrogen) atoms. The summed E-state index contributed by atoms with van der Waals surface area (Å²) in [6.45, 7) is 6.62. The highest BCUT2D eigenvalue weighted by molar-refractivity contribution is 5.71. The number of rotatable bonds is 65. The van der Waals surface area contributed by atoms with Gasteiger partial charge < -0.3 is 14.2 Å². The zero-order valence-electron chi connectivity index (χ0n) is 53.6. The number of carbonyl (C=O) groups is 3. The lowest BCUT2D eigenvalue weighted by Crippen LogP contribution is -2.30. The molecule has 0 saturated heterocycles. The number of esters is 3. The number of allylic oxidation sites excluding steroid dienone is 10. The molecule has 0 amide bonds. The fourth-order valence-electron chi connectivity index (χ4n) is 10.4. The van der Waals surface area contributed by atoms with E-state index in [0.29, 0.717) is 19.3 Å². The van der Waals surface area contributed by atoms with Gasteiger partial charge in [-0.2, -0.15) is 0 Å². The van der Waals surface area contributed by atoms with Gasteiger partial charge in [-0.05, 0) is 83.5 Å². The van der Waals surface area contributed by atoms with Gasteiger partial charge in [0.1, 0.15) is 13.2 Å². The first kappa shape index (κ1) is 77.1. The van der Waals surface area contributed by atoms with E-state index in [2.05, 4.69) is 81.5 Å². The van der Waals surface area contributed by atoms with Crippen LogP contribution in [0.2, 0.25) is 0 Å². The molecule has 0 aromatic rings. The Morgan fingerprint density at radius 2 is 0.463 bits per heavy atom. The lowest BCUT2D eigenvalue weighted by molar-refractivity contribution is -0.167. The molecule has 0 aromatic carbocycles. The van der Waals surface area contributed by atoms with Crippen molar-refractivity contribution in [1.29, 1.82) is 0 Å². The number of ether oxygens (including phenoxy) is 3. The van der Waals surface area contributed by atoms with E-state index in [1.54, 1.807) is 0 Å². The number of unbranched alkanes of at least 4 members (excludes halogenated alkanes) is 44. The van der Waals surface area contributed by atoms with E-state index in [1.165, 1.54) is 231 Å². The van der Waals surface area contributed by atoms with Gasteiger partial charge >= 0.3 is 17.9 Å². The minimum Gasteiger partial charge on any atom is -0.462 e. The molecular weight excluding hydrogens is 985 g/mol. The van der Waals surface area contributed by atoms with Crippen LogP contribution in [0.1, 0.15) is 374 Å². The Bertz CT molecular complexity index is 1430. The van der Waals surface area contributed by atoms with Crippen LogP contribution in [0.5, 0.6) is 0 Å². The molecule has 0 radical (unpaired) electrons. The van der Waals surface area contributed by atoms with Gasteiger partial charge in [-0.25, -0.2) is 0 Å². The molecule has 0 aliphatic heterocycles. The number of hydrogen-bond donors (Lipinski definition) is 0. The summed E-state index contributed by atoms with van der Waals surface area (Å²) >= 11 is 0. The summed E-state index contributed by atoms with van der Waals surface area (Å²) in [5, 5.41) is 0. The Kier molecular flexibility index (Phi) is 66.1. The van der Waals surface area contributed by atoms with E-state index in [1.807, 2.05) is 0 Å². The van der Waals surface area contributed by atoms with Crippen molar-refractivity contribution in [2.75, 3.05) is 13.2 Å². The van der Waals surface area contributed by atoms with Gasteiger partial charge in [-0.3, -0.25) is 14.4 Å². The van der Waals surface area contributed by atoms with Crippen LogP contribution in [-0.2, 0) is 28.6 Å². The quantitative estimate of drug-likeness (QED) is 0.0261. The molecule has 0 N–H and O–H groups in total. The van der Waals surface area contributed by atoms with Gasteiger partial charge in [0, 0.05) is 19.3 Å². The zero-order chi connectivity index (χ0) is 57.8. The third kappa shape index (κ3) is 65.9. The summed E-state index contributed by atoms with van der Waals surface area (Å²) in [6, 6.07) is 0. The van der Waals surface area contributed by atoms with Gasteiger partial charge in [0.15, 0.2) is 6.10 Å².